The molecule has 10 heavy (non-hydrogen) atoms. The number of benzene rings is 1. The van der Waals surface area contributed by atoms with E-state index in [4.69, 9.17) is 5.73 Å². The van der Waals surface area contributed by atoms with Crippen LogP contribution in [0.15, 0.2) is 24.3 Å². The quantitative estimate of drug-likeness (QED) is 0.603. The van der Waals surface area contributed by atoms with Crippen LogP contribution in [0.4, 0.5) is 0 Å². The van der Waals surface area contributed by atoms with Crippen LogP contribution in [-0.4, -0.2) is 12.3 Å². The van der Waals surface area contributed by atoms with E-state index in [1.807, 2.05) is 0 Å². The van der Waals surface area contributed by atoms with E-state index in [1.165, 1.54) is 0 Å². The summed E-state index contributed by atoms with van der Waals surface area (Å²) in [6, 6.07) is 9.67. The molecule has 1 radical (unpaired) electrons. The number of hydrogen-bond acceptors (Lipinski definition) is 2. The average molecular weight is 134 g/mol. The summed E-state index contributed by atoms with van der Waals surface area (Å²) in [5.74, 6) is -0.0446. The molecule has 1 aromatic carbocycles. The van der Waals surface area contributed by atoms with Gasteiger partial charge in [-0.25, -0.2) is 0 Å². The molecule has 1 aromatic rings. The Morgan fingerprint density at radius 1 is 1.70 bits per heavy atom. The summed E-state index contributed by atoms with van der Waals surface area (Å²) in [5, 5.41) is 0. The molecule has 0 aliphatic rings. The topological polar surface area (TPSA) is 43.1 Å². The fraction of sp³-hybridized carbons (Fsp3) is 0.125. The van der Waals surface area contributed by atoms with Crippen LogP contribution in [0, 0.1) is 6.07 Å². The number of carbonyl (C=O) groups excluding carboxylic acids is 1. The Bertz CT molecular complexity index is 218. The van der Waals surface area contributed by atoms with Crippen LogP contribution in [0.3, 0.4) is 0 Å². The summed E-state index contributed by atoms with van der Waals surface area (Å²) >= 11 is 0. The predicted octanol–water partition coefficient (Wildman–Crippen LogP) is 0.628. The molecule has 0 unspecified atom stereocenters. The van der Waals surface area contributed by atoms with Gasteiger partial charge in [0.2, 0.25) is 0 Å². The lowest BCUT2D eigenvalue weighted by Gasteiger charge is -1.93. The summed E-state index contributed by atoms with van der Waals surface area (Å²) < 4.78 is 0. The zero-order chi connectivity index (χ0) is 7.40. The van der Waals surface area contributed by atoms with Gasteiger partial charge in [-0.05, 0) is 12.1 Å². The minimum absolute atomic E-state index is 0.0446. The average Bonchev–Trinajstić information content (AvgIpc) is 2.05. The third kappa shape index (κ3) is 1.42. The van der Waals surface area contributed by atoms with Crippen LogP contribution in [-0.2, 0) is 0 Å². The molecule has 0 aliphatic heterocycles. The van der Waals surface area contributed by atoms with Crippen molar-refractivity contribution in [3.05, 3.63) is 35.9 Å². The van der Waals surface area contributed by atoms with Crippen molar-refractivity contribution in [1.29, 1.82) is 0 Å². The first-order valence-electron chi connectivity index (χ1n) is 3.04. The fourth-order valence-corrected chi connectivity index (χ4v) is 0.685. The first-order chi connectivity index (χ1) is 4.84. The number of rotatable bonds is 2. The molecular formula is C8H8NO. The maximum atomic E-state index is 10.9. The van der Waals surface area contributed by atoms with Gasteiger partial charge in [0.05, 0.1) is 6.54 Å². The van der Waals surface area contributed by atoms with Crippen LogP contribution < -0.4 is 5.73 Å². The Morgan fingerprint density at radius 2 is 2.50 bits per heavy atom. The van der Waals surface area contributed by atoms with Crippen LogP contribution in [0.1, 0.15) is 10.4 Å². The van der Waals surface area contributed by atoms with Crippen LogP contribution in [0.2, 0.25) is 0 Å². The Labute approximate surface area is 59.7 Å². The van der Waals surface area contributed by atoms with Crippen molar-refractivity contribution in [3.8, 4) is 0 Å². The van der Waals surface area contributed by atoms with Gasteiger partial charge in [0.15, 0.2) is 5.78 Å². The Hall–Kier alpha value is -1.15. The predicted molar refractivity (Wildman–Crippen MR) is 38.7 cm³/mol. The number of Topliss-reactive ketones (excluding diaryl/α,β-unsaturated/α-hetero) is 1. The molecule has 2 N–H and O–H groups in total. The van der Waals surface area contributed by atoms with Gasteiger partial charge in [-0.1, -0.05) is 18.2 Å². The van der Waals surface area contributed by atoms with Crippen molar-refractivity contribution >= 4 is 5.78 Å². The standard InChI is InChI=1S/C8H8NO/c9-6-8(10)7-4-2-1-3-5-7/h1-2,4-5H,6,9H2. The van der Waals surface area contributed by atoms with Crippen molar-refractivity contribution in [1.82, 2.24) is 0 Å². The SMILES string of the molecule is NCC(=O)c1c[c]ccc1. The lowest BCUT2D eigenvalue weighted by molar-refractivity contribution is 0.100. The Morgan fingerprint density at radius 3 is 3.00 bits per heavy atom. The van der Waals surface area contributed by atoms with E-state index in [0.717, 1.165) is 0 Å². The molecule has 0 heterocycles. The highest BCUT2D eigenvalue weighted by Crippen LogP contribution is 1.96. The molecule has 0 aromatic heterocycles. The van der Waals surface area contributed by atoms with Gasteiger partial charge in [0.1, 0.15) is 0 Å². The van der Waals surface area contributed by atoms with E-state index in [1.54, 1.807) is 24.3 Å². The van der Waals surface area contributed by atoms with Crippen molar-refractivity contribution in [2.75, 3.05) is 6.54 Å². The van der Waals surface area contributed by atoms with Gasteiger partial charge < -0.3 is 5.73 Å². The Balaban J connectivity index is 2.85. The molecular weight excluding hydrogens is 126 g/mol. The first-order valence-corrected chi connectivity index (χ1v) is 3.04. The maximum Gasteiger partial charge on any atom is 0.176 e. The van der Waals surface area contributed by atoms with E-state index in [9.17, 15) is 4.79 Å². The molecule has 0 atom stereocenters. The summed E-state index contributed by atoms with van der Waals surface area (Å²) in [7, 11) is 0. The lowest BCUT2D eigenvalue weighted by Crippen LogP contribution is -2.13. The lowest BCUT2D eigenvalue weighted by atomic mass is 10.1. The summed E-state index contributed by atoms with van der Waals surface area (Å²) in [6.07, 6.45) is 0. The summed E-state index contributed by atoms with van der Waals surface area (Å²) in [5.41, 5.74) is 5.77. The van der Waals surface area contributed by atoms with Gasteiger partial charge in [-0.3, -0.25) is 4.79 Å². The normalized spacial score (nSPS) is 9.30. The largest absolute Gasteiger partial charge is 0.324 e. The molecule has 2 nitrogen and oxygen atoms in total. The van der Waals surface area contributed by atoms with Gasteiger partial charge in [0, 0.05) is 5.56 Å². The van der Waals surface area contributed by atoms with E-state index < -0.39 is 0 Å². The van der Waals surface area contributed by atoms with E-state index in [2.05, 4.69) is 6.07 Å². The Kier molecular flexibility index (Phi) is 2.18. The van der Waals surface area contributed by atoms with Crippen molar-refractivity contribution < 1.29 is 4.79 Å². The maximum absolute atomic E-state index is 10.9. The molecule has 0 bridgehead atoms. The van der Waals surface area contributed by atoms with Gasteiger partial charge in [-0.15, -0.1) is 0 Å². The van der Waals surface area contributed by atoms with E-state index in [-0.39, 0.29) is 12.3 Å². The van der Waals surface area contributed by atoms with Crippen molar-refractivity contribution in [2.24, 2.45) is 5.73 Å². The van der Waals surface area contributed by atoms with Crippen LogP contribution in [0.25, 0.3) is 0 Å². The number of nitrogens with two attached hydrogens (primary N) is 1. The van der Waals surface area contributed by atoms with Gasteiger partial charge >= 0.3 is 0 Å². The molecule has 0 fully saturated rings. The second-order valence-corrected chi connectivity index (χ2v) is 1.92. The minimum Gasteiger partial charge on any atom is -0.324 e. The van der Waals surface area contributed by atoms with E-state index >= 15 is 0 Å². The number of carbonyl (C=O) groups is 1. The third-order valence-corrected chi connectivity index (χ3v) is 1.21. The smallest absolute Gasteiger partial charge is 0.176 e. The van der Waals surface area contributed by atoms with Crippen LogP contribution >= 0.6 is 0 Å². The molecule has 0 aliphatic carbocycles. The number of hydrogen-bond donors (Lipinski definition) is 1. The molecule has 51 valence electrons. The molecule has 0 spiro atoms. The highest BCUT2D eigenvalue weighted by molar-refractivity contribution is 5.97. The van der Waals surface area contributed by atoms with E-state index in [0.29, 0.717) is 5.56 Å². The summed E-state index contributed by atoms with van der Waals surface area (Å²) in [6.45, 7) is 0.0673. The molecule has 0 saturated carbocycles. The van der Waals surface area contributed by atoms with Crippen molar-refractivity contribution in [2.45, 2.75) is 0 Å². The molecule has 2 heteroatoms. The zero-order valence-electron chi connectivity index (χ0n) is 5.50. The highest BCUT2D eigenvalue weighted by atomic mass is 16.1. The van der Waals surface area contributed by atoms with Gasteiger partial charge in [-0.2, -0.15) is 0 Å². The fourth-order valence-electron chi connectivity index (χ4n) is 0.685. The first kappa shape index (κ1) is 6.96. The second kappa shape index (κ2) is 3.13. The minimum atomic E-state index is -0.0446. The van der Waals surface area contributed by atoms with Gasteiger partial charge in [0.25, 0.3) is 0 Å². The second-order valence-electron chi connectivity index (χ2n) is 1.92. The molecule has 1 rings (SSSR count). The van der Waals surface area contributed by atoms with Crippen molar-refractivity contribution in [3.63, 3.8) is 0 Å². The zero-order valence-corrected chi connectivity index (χ0v) is 5.50. The highest BCUT2D eigenvalue weighted by Gasteiger charge is 1.99. The third-order valence-electron chi connectivity index (χ3n) is 1.21. The number of ketones is 1. The molecule has 0 saturated heterocycles. The monoisotopic (exact) mass is 134 g/mol. The van der Waals surface area contributed by atoms with Crippen LogP contribution in [0.5, 0.6) is 0 Å². The molecule has 0 amide bonds. The summed E-state index contributed by atoms with van der Waals surface area (Å²) in [4.78, 5) is 10.9.